The van der Waals surface area contributed by atoms with Gasteiger partial charge in [0.25, 0.3) is 0 Å². The first-order valence-corrected chi connectivity index (χ1v) is 8.92. The van der Waals surface area contributed by atoms with Crippen molar-refractivity contribution in [1.29, 1.82) is 0 Å². The molecule has 0 bridgehead atoms. The maximum atomic E-state index is 14.5. The molecule has 0 aliphatic rings. The standard InChI is InChI=1S/C25H12F4O/c26-19-7-1-15(2-8-19)21-11-5-17(13-23(21)28)25(30)18-6-12-22(24(29)14-18)16-3-9-20(27)10-4-16/h1-5,7-11,13-14H. The summed E-state index contributed by atoms with van der Waals surface area (Å²) in [5.74, 6) is -2.92. The van der Waals surface area contributed by atoms with Gasteiger partial charge in [0.15, 0.2) is 0 Å². The fraction of sp³-hybridized carbons (Fsp3) is 0. The highest BCUT2D eigenvalue weighted by atomic mass is 19.1. The van der Waals surface area contributed by atoms with Gasteiger partial charge in [-0.2, -0.15) is 0 Å². The lowest BCUT2D eigenvalue weighted by Gasteiger charge is -2.07. The Balaban J connectivity index is 1.63. The van der Waals surface area contributed by atoms with E-state index >= 15 is 0 Å². The molecule has 0 saturated heterocycles. The number of hydrogen-bond donors (Lipinski definition) is 0. The third-order valence-electron chi connectivity index (χ3n) is 4.60. The van der Waals surface area contributed by atoms with Crippen LogP contribution in [0.15, 0.2) is 72.8 Å². The fourth-order valence-electron chi connectivity index (χ4n) is 3.05. The minimum Gasteiger partial charge on any atom is -0.288 e. The zero-order valence-electron chi connectivity index (χ0n) is 15.3. The smallest absolute Gasteiger partial charge is 0.201 e. The Kier molecular flexibility index (Phi) is 5.07. The van der Waals surface area contributed by atoms with Crippen molar-refractivity contribution in [2.75, 3.05) is 0 Å². The molecular weight excluding hydrogens is 392 g/mol. The number of ketones is 1. The predicted molar refractivity (Wildman–Crippen MR) is 105 cm³/mol. The quantitative estimate of drug-likeness (QED) is 0.284. The first-order valence-electron chi connectivity index (χ1n) is 8.92. The average molecular weight is 404 g/mol. The molecule has 0 saturated carbocycles. The van der Waals surface area contributed by atoms with Crippen molar-refractivity contribution in [3.63, 3.8) is 0 Å². The minimum absolute atomic E-state index is 0.0111. The monoisotopic (exact) mass is 404 g/mol. The van der Waals surface area contributed by atoms with Crippen LogP contribution < -0.4 is 0 Å². The lowest BCUT2D eigenvalue weighted by atomic mass is 9.98. The van der Waals surface area contributed by atoms with Crippen LogP contribution in [-0.2, 0) is 0 Å². The highest BCUT2D eigenvalue weighted by molar-refractivity contribution is 6.08. The van der Waals surface area contributed by atoms with Crippen molar-refractivity contribution in [2.45, 2.75) is 0 Å². The summed E-state index contributed by atoms with van der Waals surface area (Å²) in [6, 6.07) is 20.5. The molecule has 0 spiro atoms. The second-order valence-corrected chi connectivity index (χ2v) is 6.57. The van der Waals surface area contributed by atoms with Crippen molar-refractivity contribution >= 4 is 5.78 Å². The van der Waals surface area contributed by atoms with Gasteiger partial charge in [0.1, 0.15) is 23.3 Å². The van der Waals surface area contributed by atoms with Crippen LogP contribution in [0.25, 0.3) is 22.3 Å². The van der Waals surface area contributed by atoms with Crippen LogP contribution in [0, 0.1) is 35.4 Å². The number of rotatable bonds is 4. The molecule has 4 rings (SSSR count). The Bertz CT molecular complexity index is 1130. The van der Waals surface area contributed by atoms with Gasteiger partial charge in [-0.1, -0.05) is 48.5 Å². The maximum absolute atomic E-state index is 14.5. The van der Waals surface area contributed by atoms with E-state index in [1.54, 1.807) is 0 Å². The van der Waals surface area contributed by atoms with Crippen molar-refractivity contribution in [3.05, 3.63) is 119 Å². The lowest BCUT2D eigenvalue weighted by molar-refractivity contribution is 0.103. The van der Waals surface area contributed by atoms with E-state index in [9.17, 15) is 22.4 Å². The fourth-order valence-corrected chi connectivity index (χ4v) is 3.05. The molecule has 0 heterocycles. The largest absolute Gasteiger partial charge is 0.288 e. The third kappa shape index (κ3) is 3.81. The van der Waals surface area contributed by atoms with Gasteiger partial charge >= 0.3 is 0 Å². The molecule has 146 valence electrons. The van der Waals surface area contributed by atoms with Crippen molar-refractivity contribution in [3.8, 4) is 22.3 Å². The van der Waals surface area contributed by atoms with Gasteiger partial charge in [-0.25, -0.2) is 17.6 Å². The third-order valence-corrected chi connectivity index (χ3v) is 4.60. The molecular formula is C25H12F4O. The molecule has 0 fully saturated rings. The number of hydrogen-bond acceptors (Lipinski definition) is 1. The molecule has 30 heavy (non-hydrogen) atoms. The van der Waals surface area contributed by atoms with E-state index < -0.39 is 29.1 Å². The lowest BCUT2D eigenvalue weighted by Crippen LogP contribution is -2.03. The van der Waals surface area contributed by atoms with Gasteiger partial charge in [-0.15, -0.1) is 0 Å². The van der Waals surface area contributed by atoms with Crippen LogP contribution in [0.5, 0.6) is 0 Å². The Morgan fingerprint density at radius 1 is 0.633 bits per heavy atom. The van der Waals surface area contributed by atoms with Crippen LogP contribution in [0.3, 0.4) is 0 Å². The SMILES string of the molecule is O=C(c1c#cc(-c2ccc(F)cc2)c(F)c1)c1ccc(-c2ccc(F)cc2)c(F)c1. The van der Waals surface area contributed by atoms with E-state index in [4.69, 9.17) is 0 Å². The van der Waals surface area contributed by atoms with Crippen LogP contribution >= 0.6 is 0 Å². The topological polar surface area (TPSA) is 17.1 Å². The van der Waals surface area contributed by atoms with E-state index in [0.29, 0.717) is 11.1 Å². The Labute approximate surface area is 170 Å². The van der Waals surface area contributed by atoms with Gasteiger partial charge in [-0.05, 0) is 47.5 Å². The summed E-state index contributed by atoms with van der Waals surface area (Å²) >= 11 is 0. The summed E-state index contributed by atoms with van der Waals surface area (Å²) < 4.78 is 55.1. The molecule has 5 heteroatoms. The Morgan fingerprint density at radius 2 is 1.23 bits per heavy atom. The molecule has 0 amide bonds. The van der Waals surface area contributed by atoms with Crippen molar-refractivity contribution in [1.82, 2.24) is 0 Å². The van der Waals surface area contributed by atoms with Gasteiger partial charge in [0, 0.05) is 11.1 Å². The molecule has 4 aromatic rings. The summed E-state index contributed by atoms with van der Waals surface area (Å²) in [5, 5.41) is 0. The molecule has 0 aliphatic carbocycles. The number of carbonyl (C=O) groups is 1. The average Bonchev–Trinajstić information content (AvgIpc) is 2.74. The highest BCUT2D eigenvalue weighted by Crippen LogP contribution is 2.26. The molecule has 0 aromatic heterocycles. The van der Waals surface area contributed by atoms with Crippen LogP contribution in [0.2, 0.25) is 0 Å². The van der Waals surface area contributed by atoms with Gasteiger partial charge < -0.3 is 0 Å². The first-order chi connectivity index (χ1) is 14.4. The number of halogens is 4. The summed E-state index contributed by atoms with van der Waals surface area (Å²) in [6.07, 6.45) is 0. The van der Waals surface area contributed by atoms with E-state index in [1.807, 2.05) is 0 Å². The molecule has 1 nitrogen and oxygen atoms in total. The molecule has 0 unspecified atom stereocenters. The zero-order chi connectivity index (χ0) is 21.3. The van der Waals surface area contributed by atoms with Crippen LogP contribution in [0.1, 0.15) is 15.9 Å². The van der Waals surface area contributed by atoms with Crippen molar-refractivity contribution < 1.29 is 22.4 Å². The van der Waals surface area contributed by atoms with Crippen LogP contribution in [-0.4, -0.2) is 5.78 Å². The summed E-state index contributed by atoms with van der Waals surface area (Å²) in [6.45, 7) is 0. The second kappa shape index (κ2) is 7.84. The zero-order valence-corrected chi connectivity index (χ0v) is 15.3. The van der Waals surface area contributed by atoms with E-state index in [-0.39, 0.29) is 22.3 Å². The summed E-state index contributed by atoms with van der Waals surface area (Å²) in [7, 11) is 0. The maximum Gasteiger partial charge on any atom is 0.201 e. The molecule has 0 N–H and O–H groups in total. The number of carbonyl (C=O) groups excluding carboxylic acids is 1. The Morgan fingerprint density at radius 3 is 1.80 bits per heavy atom. The molecule has 0 aliphatic heterocycles. The van der Waals surface area contributed by atoms with Gasteiger partial charge in [0.05, 0.1) is 11.1 Å². The van der Waals surface area contributed by atoms with E-state index in [1.165, 1.54) is 60.7 Å². The highest BCUT2D eigenvalue weighted by Gasteiger charge is 2.15. The molecule has 0 atom stereocenters. The number of benzene rings is 3. The van der Waals surface area contributed by atoms with Crippen molar-refractivity contribution in [2.24, 2.45) is 0 Å². The van der Waals surface area contributed by atoms with Gasteiger partial charge in [-0.3, -0.25) is 4.79 Å². The molecule has 0 radical (unpaired) electrons. The summed E-state index contributed by atoms with van der Waals surface area (Å²) in [5.41, 5.74) is 0.995. The molecule has 4 aromatic carbocycles. The summed E-state index contributed by atoms with van der Waals surface area (Å²) in [4.78, 5) is 12.7. The van der Waals surface area contributed by atoms with E-state index in [0.717, 1.165) is 12.1 Å². The van der Waals surface area contributed by atoms with E-state index in [2.05, 4.69) is 12.1 Å². The van der Waals surface area contributed by atoms with Crippen LogP contribution in [0.4, 0.5) is 17.6 Å². The normalized spacial score (nSPS) is 10.5. The van der Waals surface area contributed by atoms with Gasteiger partial charge in [0.2, 0.25) is 5.78 Å². The Hall–Kier alpha value is -3.91. The second-order valence-electron chi connectivity index (χ2n) is 6.57. The first kappa shape index (κ1) is 19.4. The predicted octanol–water partition coefficient (Wildman–Crippen LogP) is 6.41. The minimum atomic E-state index is -0.730.